The molecule has 0 spiro atoms. The van der Waals surface area contributed by atoms with E-state index in [1.54, 1.807) is 9.08 Å². The number of aliphatic hydroxyl groups is 1. The molecule has 1 aliphatic carbocycles. The van der Waals surface area contributed by atoms with Crippen molar-refractivity contribution in [2.24, 2.45) is 0 Å². The van der Waals surface area contributed by atoms with Crippen molar-refractivity contribution in [2.45, 2.75) is 69.6 Å². The van der Waals surface area contributed by atoms with Gasteiger partial charge in [-0.2, -0.15) is 10.1 Å². The first kappa shape index (κ1) is 31.5. The summed E-state index contributed by atoms with van der Waals surface area (Å²) in [5.41, 5.74) is 2.71. The van der Waals surface area contributed by atoms with Crippen molar-refractivity contribution in [3.05, 3.63) is 92.6 Å². The number of H-pyrrole nitrogens is 1. The van der Waals surface area contributed by atoms with Gasteiger partial charge in [0.05, 0.1) is 18.4 Å². The minimum absolute atomic E-state index is 0.109. The van der Waals surface area contributed by atoms with Crippen LogP contribution in [0.3, 0.4) is 0 Å². The lowest BCUT2D eigenvalue weighted by molar-refractivity contribution is -0.102. The van der Waals surface area contributed by atoms with Gasteiger partial charge in [0.25, 0.3) is 5.56 Å². The number of alkyl halides is 2. The van der Waals surface area contributed by atoms with Crippen LogP contribution in [0.2, 0.25) is 0 Å². The smallest absolute Gasteiger partial charge is 0.382 e. The Morgan fingerprint density at radius 2 is 1.76 bits per heavy atom. The Labute approximate surface area is 262 Å². The number of aryl methyl sites for hydroxylation is 1. The molecule has 11 nitrogen and oxygen atoms in total. The largest absolute Gasteiger partial charge is 0.439 e. The van der Waals surface area contributed by atoms with Gasteiger partial charge < -0.3 is 9.84 Å². The van der Waals surface area contributed by atoms with E-state index < -0.39 is 31.3 Å². The molecule has 46 heavy (non-hydrogen) atoms. The van der Waals surface area contributed by atoms with E-state index >= 15 is 0 Å². The van der Waals surface area contributed by atoms with E-state index in [9.17, 15) is 23.5 Å². The zero-order valence-corrected chi connectivity index (χ0v) is 25.5. The third kappa shape index (κ3) is 6.29. The predicted octanol–water partition coefficient (Wildman–Crippen LogP) is 4.62. The number of ether oxygens (including phenoxy) is 1. The molecule has 1 saturated carbocycles. The summed E-state index contributed by atoms with van der Waals surface area (Å²) in [7, 11) is 0. The minimum Gasteiger partial charge on any atom is -0.382 e. The zero-order chi connectivity index (χ0) is 32.3. The van der Waals surface area contributed by atoms with Crippen LogP contribution in [0.4, 0.5) is 8.78 Å². The number of rotatable bonds is 12. The average molecular weight is 635 g/mol. The molecule has 0 bridgehead atoms. The normalized spacial score (nSPS) is 17.1. The average Bonchev–Trinajstić information content (AvgIpc) is 3.75. The van der Waals surface area contributed by atoms with E-state index in [1.807, 2.05) is 48.5 Å². The Hall–Kier alpha value is -4.49. The number of hydrogen-bond donors (Lipinski definition) is 2. The van der Waals surface area contributed by atoms with E-state index in [1.165, 1.54) is 6.33 Å². The standard InChI is InChI=1S/C33H36F2N6O5/c1-2-5-28-27(16-21-8-10-22(11-9-21)25-6-3-4-7-26(25)29-38-32(43)46-39-29)30(42)40(31-36-20-37-41(28)31)23-12-14-24(15-13-23)45-19-33(44,17-34)18-35/h3-4,6-11,20,23-24,44H,2,5,12-19H2,1H3,(H,38,39,43)/t23-,24-. The quantitative estimate of drug-likeness (QED) is 0.203. The van der Waals surface area contributed by atoms with Crippen molar-refractivity contribution in [2.75, 3.05) is 20.0 Å². The van der Waals surface area contributed by atoms with Gasteiger partial charge in [0.1, 0.15) is 25.3 Å². The molecule has 2 N–H and O–H groups in total. The van der Waals surface area contributed by atoms with Crippen molar-refractivity contribution in [1.29, 1.82) is 0 Å². The molecule has 5 aromatic rings. The van der Waals surface area contributed by atoms with Crippen LogP contribution in [0.5, 0.6) is 0 Å². The van der Waals surface area contributed by atoms with Crippen LogP contribution in [0.25, 0.3) is 28.3 Å². The number of hydrogen-bond acceptors (Lipinski definition) is 8. The summed E-state index contributed by atoms with van der Waals surface area (Å²) in [5.74, 6) is 0.209. The lowest BCUT2D eigenvalue weighted by Gasteiger charge is -2.32. The van der Waals surface area contributed by atoms with Crippen LogP contribution in [0, 0.1) is 0 Å². The third-order valence-corrected chi connectivity index (χ3v) is 8.68. The number of aromatic nitrogens is 6. The monoisotopic (exact) mass is 634 g/mol. The highest BCUT2D eigenvalue weighted by Gasteiger charge is 2.32. The molecule has 6 rings (SSSR count). The highest BCUT2D eigenvalue weighted by Crippen LogP contribution is 2.32. The number of nitrogens with one attached hydrogen (secondary N) is 1. The van der Waals surface area contributed by atoms with E-state index in [4.69, 9.17) is 9.26 Å². The minimum atomic E-state index is -2.12. The van der Waals surface area contributed by atoms with Gasteiger partial charge in [-0.05, 0) is 48.8 Å². The van der Waals surface area contributed by atoms with Crippen LogP contribution in [-0.4, -0.2) is 66.1 Å². The van der Waals surface area contributed by atoms with Gasteiger partial charge in [-0.3, -0.25) is 18.9 Å². The molecule has 1 fully saturated rings. The summed E-state index contributed by atoms with van der Waals surface area (Å²) in [6.07, 6.45) is 5.42. The fourth-order valence-electron chi connectivity index (χ4n) is 6.23. The Morgan fingerprint density at radius 1 is 1.04 bits per heavy atom. The third-order valence-electron chi connectivity index (χ3n) is 8.68. The van der Waals surface area contributed by atoms with Crippen LogP contribution in [0.1, 0.15) is 61.9 Å². The van der Waals surface area contributed by atoms with Crippen molar-refractivity contribution >= 4 is 5.78 Å². The highest BCUT2D eigenvalue weighted by atomic mass is 19.1. The molecule has 0 radical (unpaired) electrons. The lowest BCUT2D eigenvalue weighted by atomic mass is 9.92. The number of nitrogens with zero attached hydrogens (tertiary/aromatic N) is 5. The van der Waals surface area contributed by atoms with Gasteiger partial charge in [-0.1, -0.05) is 67.0 Å². The second kappa shape index (κ2) is 13.5. The van der Waals surface area contributed by atoms with Crippen molar-refractivity contribution in [3.63, 3.8) is 0 Å². The first-order chi connectivity index (χ1) is 22.3. The first-order valence-electron chi connectivity index (χ1n) is 15.5. The number of fused-ring (bicyclic) bond motifs is 1. The molecule has 0 unspecified atom stereocenters. The predicted molar refractivity (Wildman–Crippen MR) is 166 cm³/mol. The van der Waals surface area contributed by atoms with Gasteiger partial charge in [0.15, 0.2) is 5.82 Å². The van der Waals surface area contributed by atoms with E-state index in [2.05, 4.69) is 27.1 Å². The lowest BCUT2D eigenvalue weighted by Crippen LogP contribution is -2.41. The molecular weight excluding hydrogens is 598 g/mol. The molecule has 0 aliphatic heterocycles. The molecule has 13 heteroatoms. The summed E-state index contributed by atoms with van der Waals surface area (Å²) < 4.78 is 40.0. The Bertz CT molecular complexity index is 1900. The van der Waals surface area contributed by atoms with Crippen molar-refractivity contribution in [3.8, 4) is 22.5 Å². The van der Waals surface area contributed by atoms with E-state index in [0.29, 0.717) is 55.7 Å². The summed E-state index contributed by atoms with van der Waals surface area (Å²) in [5, 5.41) is 18.3. The van der Waals surface area contributed by atoms with Gasteiger partial charge in [-0.15, -0.1) is 0 Å². The maximum absolute atomic E-state index is 14.3. The molecule has 0 amide bonds. The van der Waals surface area contributed by atoms with Crippen LogP contribution < -0.4 is 11.3 Å². The molecule has 0 atom stereocenters. The Kier molecular flexibility index (Phi) is 9.22. The summed E-state index contributed by atoms with van der Waals surface area (Å²) >= 11 is 0. The second-order valence-electron chi connectivity index (χ2n) is 11.9. The Morgan fingerprint density at radius 3 is 2.41 bits per heavy atom. The van der Waals surface area contributed by atoms with Crippen LogP contribution >= 0.6 is 0 Å². The summed E-state index contributed by atoms with van der Waals surface area (Å²) in [6.45, 7) is -0.788. The zero-order valence-electron chi connectivity index (χ0n) is 25.5. The fraction of sp³-hybridized carbons (Fsp3) is 0.424. The second-order valence-corrected chi connectivity index (χ2v) is 11.9. The molecule has 0 saturated heterocycles. The Balaban J connectivity index is 1.27. The highest BCUT2D eigenvalue weighted by molar-refractivity contribution is 5.80. The summed E-state index contributed by atoms with van der Waals surface area (Å²) in [4.78, 5) is 32.9. The molecule has 2 aromatic carbocycles. The molecular formula is C33H36F2N6O5. The van der Waals surface area contributed by atoms with E-state index in [0.717, 1.165) is 34.4 Å². The van der Waals surface area contributed by atoms with E-state index in [-0.39, 0.29) is 17.7 Å². The SMILES string of the molecule is CCCc1c(Cc2ccc(-c3ccccc3-c3noc(=O)[nH]3)cc2)c(=O)n([C@H]2CC[C@H](OCC(O)(CF)CF)CC2)c2ncnn12. The maximum atomic E-state index is 14.3. The summed E-state index contributed by atoms with van der Waals surface area (Å²) in [6, 6.07) is 15.3. The maximum Gasteiger partial charge on any atom is 0.439 e. The number of benzene rings is 2. The van der Waals surface area contributed by atoms with Gasteiger partial charge in [0.2, 0.25) is 5.78 Å². The molecule has 1 aliphatic rings. The van der Waals surface area contributed by atoms with Gasteiger partial charge in [-0.25, -0.2) is 18.1 Å². The number of aromatic amines is 1. The molecule has 242 valence electrons. The van der Waals surface area contributed by atoms with Crippen LogP contribution in [-0.2, 0) is 17.6 Å². The van der Waals surface area contributed by atoms with Crippen molar-refractivity contribution in [1.82, 2.24) is 29.3 Å². The first-order valence-corrected chi connectivity index (χ1v) is 15.5. The molecule has 3 heterocycles. The number of halogens is 2. The van der Waals surface area contributed by atoms with Gasteiger partial charge in [0, 0.05) is 23.6 Å². The van der Waals surface area contributed by atoms with Gasteiger partial charge >= 0.3 is 5.76 Å². The van der Waals surface area contributed by atoms with Crippen LogP contribution in [0.15, 0.2) is 69.0 Å². The fourth-order valence-corrected chi connectivity index (χ4v) is 6.23. The molecule has 3 aromatic heterocycles. The topological polar surface area (TPSA) is 141 Å². The van der Waals surface area contributed by atoms with Crippen molar-refractivity contribution < 1.29 is 23.1 Å².